The molecule has 0 atom stereocenters. The highest BCUT2D eigenvalue weighted by Gasteiger charge is 2.16. The lowest BCUT2D eigenvalue weighted by atomic mass is 9.97. The maximum atomic E-state index is 14.5. The van der Waals surface area contributed by atoms with E-state index in [0.717, 1.165) is 25.3 Å². The summed E-state index contributed by atoms with van der Waals surface area (Å²) in [5.74, 6) is -2.07. The van der Waals surface area contributed by atoms with Gasteiger partial charge in [-0.15, -0.1) is 0 Å². The Bertz CT molecular complexity index is 895. The number of phenols is 1. The van der Waals surface area contributed by atoms with Gasteiger partial charge in [-0.1, -0.05) is 25.8 Å². The van der Waals surface area contributed by atoms with Crippen LogP contribution in [0.2, 0.25) is 0 Å². The number of benzene rings is 3. The van der Waals surface area contributed by atoms with E-state index in [9.17, 15) is 18.3 Å². The molecule has 0 radical (unpaired) electrons. The van der Waals surface area contributed by atoms with Crippen molar-refractivity contribution < 1.29 is 18.3 Å². The number of rotatable bonds is 5. The van der Waals surface area contributed by atoms with E-state index in [4.69, 9.17) is 0 Å². The maximum Gasteiger partial charge on any atom is 0.134 e. The maximum absolute atomic E-state index is 14.5. The van der Waals surface area contributed by atoms with Crippen molar-refractivity contribution in [2.45, 2.75) is 32.6 Å². The van der Waals surface area contributed by atoms with Gasteiger partial charge in [0, 0.05) is 5.39 Å². The van der Waals surface area contributed by atoms with Crippen LogP contribution in [-0.2, 0) is 6.42 Å². The van der Waals surface area contributed by atoms with E-state index in [1.807, 2.05) is 0 Å². The van der Waals surface area contributed by atoms with E-state index >= 15 is 0 Å². The summed E-state index contributed by atoms with van der Waals surface area (Å²) < 4.78 is 43.3. The Hall–Kier alpha value is -2.49. The average molecular weight is 344 g/mol. The highest BCUT2D eigenvalue weighted by Crippen LogP contribution is 2.33. The lowest BCUT2D eigenvalue weighted by Gasteiger charge is -2.10. The number of hydrogen-bond donors (Lipinski definition) is 1. The van der Waals surface area contributed by atoms with Crippen LogP contribution in [0.5, 0.6) is 5.75 Å². The first-order chi connectivity index (χ1) is 12.0. The zero-order valence-electron chi connectivity index (χ0n) is 14.0. The predicted molar refractivity (Wildman–Crippen MR) is 94.2 cm³/mol. The molecule has 0 spiro atoms. The molecule has 0 aliphatic rings. The van der Waals surface area contributed by atoms with Gasteiger partial charge in [-0.2, -0.15) is 0 Å². The van der Waals surface area contributed by atoms with E-state index in [1.165, 1.54) is 36.4 Å². The third kappa shape index (κ3) is 3.63. The molecule has 3 aromatic carbocycles. The Morgan fingerprint density at radius 2 is 1.56 bits per heavy atom. The van der Waals surface area contributed by atoms with Crippen molar-refractivity contribution in [3.8, 4) is 16.9 Å². The molecule has 130 valence electrons. The summed E-state index contributed by atoms with van der Waals surface area (Å²) in [5.41, 5.74) is 0.525. The van der Waals surface area contributed by atoms with Crippen molar-refractivity contribution in [1.82, 2.24) is 0 Å². The minimum Gasteiger partial charge on any atom is -0.508 e. The lowest BCUT2D eigenvalue weighted by Crippen LogP contribution is -1.96. The fourth-order valence-corrected chi connectivity index (χ4v) is 3.07. The van der Waals surface area contributed by atoms with Gasteiger partial charge in [0.25, 0.3) is 0 Å². The second-order valence-corrected chi connectivity index (χ2v) is 6.26. The van der Waals surface area contributed by atoms with Gasteiger partial charge >= 0.3 is 0 Å². The van der Waals surface area contributed by atoms with Crippen molar-refractivity contribution in [3.05, 3.63) is 65.5 Å². The molecule has 0 amide bonds. The Kier molecular flexibility index (Phi) is 4.98. The summed E-state index contributed by atoms with van der Waals surface area (Å²) in [5, 5.41) is 10.1. The molecule has 0 fully saturated rings. The number of fused-ring (bicyclic) bond motifs is 1. The van der Waals surface area contributed by atoms with Gasteiger partial charge in [-0.25, -0.2) is 13.2 Å². The van der Waals surface area contributed by atoms with Crippen molar-refractivity contribution in [2.75, 3.05) is 0 Å². The number of aryl methyl sites for hydroxylation is 1. The predicted octanol–water partition coefficient (Wildman–Crippen LogP) is 6.36. The summed E-state index contributed by atoms with van der Waals surface area (Å²) in [7, 11) is 0. The molecular weight excluding hydrogens is 325 g/mol. The van der Waals surface area contributed by atoms with Crippen LogP contribution in [0.25, 0.3) is 21.9 Å². The standard InChI is InChI=1S/C21H19F3O/c1-2-3-4-5-13-8-19(23)21(20(24)9-13)15-10-14-6-7-16(25)12-17(14)18(22)11-15/h6-12,25H,2-5H2,1H3. The van der Waals surface area contributed by atoms with Crippen molar-refractivity contribution in [3.63, 3.8) is 0 Å². The first kappa shape index (κ1) is 17.3. The number of halogens is 3. The Balaban J connectivity index is 2.04. The zero-order valence-corrected chi connectivity index (χ0v) is 14.0. The Labute approximate surface area is 144 Å². The molecule has 0 saturated carbocycles. The summed E-state index contributed by atoms with van der Waals surface area (Å²) in [6.45, 7) is 2.07. The monoisotopic (exact) mass is 344 g/mol. The van der Waals surface area contributed by atoms with Crippen LogP contribution < -0.4 is 0 Å². The smallest absolute Gasteiger partial charge is 0.134 e. The van der Waals surface area contributed by atoms with Gasteiger partial charge in [0.15, 0.2) is 0 Å². The zero-order chi connectivity index (χ0) is 18.0. The largest absolute Gasteiger partial charge is 0.508 e. The second kappa shape index (κ2) is 7.18. The number of hydrogen-bond acceptors (Lipinski definition) is 1. The van der Waals surface area contributed by atoms with E-state index in [-0.39, 0.29) is 22.3 Å². The number of unbranched alkanes of at least 4 members (excludes halogenated alkanes) is 2. The van der Waals surface area contributed by atoms with Crippen molar-refractivity contribution in [2.24, 2.45) is 0 Å². The van der Waals surface area contributed by atoms with Crippen LogP contribution in [0.3, 0.4) is 0 Å². The normalized spacial score (nSPS) is 11.2. The van der Waals surface area contributed by atoms with Gasteiger partial charge in [-0.3, -0.25) is 0 Å². The molecule has 1 nitrogen and oxygen atoms in total. The first-order valence-electron chi connectivity index (χ1n) is 8.40. The molecular formula is C21H19F3O. The van der Waals surface area contributed by atoms with Crippen LogP contribution in [0.15, 0.2) is 42.5 Å². The molecule has 0 aromatic heterocycles. The van der Waals surface area contributed by atoms with Gasteiger partial charge in [0.1, 0.15) is 23.2 Å². The fraction of sp³-hybridized carbons (Fsp3) is 0.238. The van der Waals surface area contributed by atoms with Gasteiger partial charge in [0.2, 0.25) is 0 Å². The first-order valence-corrected chi connectivity index (χ1v) is 8.40. The minimum atomic E-state index is -0.691. The molecule has 0 heterocycles. The molecule has 0 saturated heterocycles. The molecule has 4 heteroatoms. The van der Waals surface area contributed by atoms with Gasteiger partial charge in [-0.05, 0) is 65.8 Å². The van der Waals surface area contributed by atoms with Crippen molar-refractivity contribution in [1.29, 1.82) is 0 Å². The summed E-state index contributed by atoms with van der Waals surface area (Å²) in [4.78, 5) is 0. The SMILES string of the molecule is CCCCCc1cc(F)c(-c2cc(F)c3cc(O)ccc3c2)c(F)c1. The van der Waals surface area contributed by atoms with E-state index in [0.29, 0.717) is 17.4 Å². The van der Waals surface area contributed by atoms with E-state index in [2.05, 4.69) is 6.92 Å². The Morgan fingerprint density at radius 3 is 2.24 bits per heavy atom. The topological polar surface area (TPSA) is 20.2 Å². The Morgan fingerprint density at radius 1 is 0.840 bits per heavy atom. The summed E-state index contributed by atoms with van der Waals surface area (Å²) >= 11 is 0. The summed E-state index contributed by atoms with van der Waals surface area (Å²) in [6, 6.07) is 9.50. The molecule has 25 heavy (non-hydrogen) atoms. The number of phenolic OH excluding ortho intramolecular Hbond substituents is 1. The lowest BCUT2D eigenvalue weighted by molar-refractivity contribution is 0.476. The molecule has 0 aliphatic carbocycles. The van der Waals surface area contributed by atoms with Gasteiger partial charge < -0.3 is 5.11 Å². The molecule has 0 bridgehead atoms. The highest BCUT2D eigenvalue weighted by atomic mass is 19.1. The van der Waals surface area contributed by atoms with Crippen LogP contribution in [0.1, 0.15) is 31.7 Å². The van der Waals surface area contributed by atoms with Crippen LogP contribution in [0.4, 0.5) is 13.2 Å². The second-order valence-electron chi connectivity index (χ2n) is 6.26. The third-order valence-electron chi connectivity index (χ3n) is 4.35. The van der Waals surface area contributed by atoms with Gasteiger partial charge in [0.05, 0.1) is 5.56 Å². The molecule has 0 unspecified atom stereocenters. The summed E-state index contributed by atoms with van der Waals surface area (Å²) in [6.07, 6.45) is 3.54. The van der Waals surface area contributed by atoms with Crippen LogP contribution >= 0.6 is 0 Å². The molecule has 3 rings (SSSR count). The van der Waals surface area contributed by atoms with E-state index < -0.39 is 17.5 Å². The van der Waals surface area contributed by atoms with Crippen LogP contribution in [-0.4, -0.2) is 5.11 Å². The van der Waals surface area contributed by atoms with Crippen LogP contribution in [0, 0.1) is 17.5 Å². The highest BCUT2D eigenvalue weighted by molar-refractivity contribution is 5.89. The fourth-order valence-electron chi connectivity index (χ4n) is 3.07. The third-order valence-corrected chi connectivity index (χ3v) is 4.35. The van der Waals surface area contributed by atoms with Crippen molar-refractivity contribution >= 4 is 10.8 Å². The van der Waals surface area contributed by atoms with E-state index in [1.54, 1.807) is 0 Å². The molecule has 3 aromatic rings. The number of aromatic hydroxyl groups is 1. The quantitative estimate of drug-likeness (QED) is 0.534. The molecule has 0 aliphatic heterocycles. The molecule has 1 N–H and O–H groups in total. The minimum absolute atomic E-state index is 0.0621. The average Bonchev–Trinajstić information content (AvgIpc) is 2.55.